The summed E-state index contributed by atoms with van der Waals surface area (Å²) in [7, 11) is -2.87. The molecular weight excluding hydrogens is 244 g/mol. The molecule has 0 aromatic rings. The van der Waals surface area contributed by atoms with Crippen molar-refractivity contribution in [1.29, 1.82) is 0 Å². The fourth-order valence-electron chi connectivity index (χ4n) is 1.16. The second-order valence-electron chi connectivity index (χ2n) is 4.08. The Morgan fingerprint density at radius 2 is 1.94 bits per heavy atom. The third-order valence-electron chi connectivity index (χ3n) is 2.58. The first-order valence-corrected chi connectivity index (χ1v) is 8.78. The third kappa shape index (κ3) is 8.42. The van der Waals surface area contributed by atoms with Gasteiger partial charge in [-0.1, -0.05) is 20.8 Å². The van der Waals surface area contributed by atoms with Gasteiger partial charge in [-0.2, -0.15) is 11.8 Å². The molecule has 0 heterocycles. The van der Waals surface area contributed by atoms with E-state index in [1.807, 2.05) is 0 Å². The molecule has 16 heavy (non-hydrogen) atoms. The Bertz CT molecular complexity index is 262. The highest BCUT2D eigenvalue weighted by molar-refractivity contribution is 7.99. The normalized spacial score (nSPS) is 16.0. The molecule has 0 aromatic heterocycles. The topological polar surface area (TPSA) is 54.4 Å². The van der Waals surface area contributed by atoms with E-state index in [0.29, 0.717) is 23.8 Å². The first kappa shape index (κ1) is 16.3. The lowest BCUT2D eigenvalue weighted by Gasteiger charge is -2.13. The number of hydrogen-bond donors (Lipinski definition) is 1. The van der Waals surface area contributed by atoms with Gasteiger partial charge >= 0.3 is 0 Å². The van der Waals surface area contributed by atoms with Crippen molar-refractivity contribution >= 4 is 21.6 Å². The van der Waals surface area contributed by atoms with Crippen LogP contribution in [-0.4, -0.2) is 42.1 Å². The van der Waals surface area contributed by atoms with Crippen LogP contribution < -0.4 is 0 Å². The Morgan fingerprint density at radius 1 is 1.31 bits per heavy atom. The van der Waals surface area contributed by atoms with Gasteiger partial charge in [0.1, 0.15) is 9.84 Å². The van der Waals surface area contributed by atoms with Gasteiger partial charge in [0.05, 0.1) is 11.9 Å². The Balaban J connectivity index is 3.62. The van der Waals surface area contributed by atoms with Crippen molar-refractivity contribution in [3.63, 3.8) is 0 Å². The zero-order chi connectivity index (χ0) is 12.6. The average Bonchev–Trinajstić information content (AvgIpc) is 2.25. The van der Waals surface area contributed by atoms with Crippen molar-refractivity contribution in [1.82, 2.24) is 0 Å². The van der Waals surface area contributed by atoms with E-state index in [1.165, 1.54) is 0 Å². The second kappa shape index (κ2) is 8.37. The number of hydrogen-bond acceptors (Lipinski definition) is 4. The summed E-state index contributed by atoms with van der Waals surface area (Å²) in [5, 5.41) is 10.2. The van der Waals surface area contributed by atoms with E-state index in [4.69, 9.17) is 0 Å². The lowest BCUT2D eigenvalue weighted by Crippen LogP contribution is -2.15. The summed E-state index contributed by atoms with van der Waals surface area (Å²) in [6, 6.07) is 0. The van der Waals surface area contributed by atoms with Crippen molar-refractivity contribution in [2.75, 3.05) is 17.3 Å². The molecule has 0 spiro atoms. The van der Waals surface area contributed by atoms with Crippen LogP contribution in [0.4, 0.5) is 0 Å². The van der Waals surface area contributed by atoms with E-state index in [2.05, 4.69) is 13.8 Å². The molecule has 0 aliphatic carbocycles. The predicted octanol–water partition coefficient (Wildman–Crippen LogP) is 2.09. The van der Waals surface area contributed by atoms with Crippen LogP contribution in [0.2, 0.25) is 0 Å². The number of thioether (sulfide) groups is 1. The standard InChI is InChI=1S/C11H24O3S2/c1-4-10(3)15-9-11(12)7-6-8-16(13,14)5-2/h10-12H,4-9H2,1-3H3. The van der Waals surface area contributed by atoms with Gasteiger partial charge < -0.3 is 5.11 Å². The van der Waals surface area contributed by atoms with E-state index in [1.54, 1.807) is 18.7 Å². The van der Waals surface area contributed by atoms with Crippen LogP contribution in [0.15, 0.2) is 0 Å². The molecule has 98 valence electrons. The molecule has 2 unspecified atom stereocenters. The van der Waals surface area contributed by atoms with Gasteiger partial charge in [0.2, 0.25) is 0 Å². The van der Waals surface area contributed by atoms with Gasteiger partial charge in [0.25, 0.3) is 0 Å². The second-order valence-corrected chi connectivity index (χ2v) is 8.03. The van der Waals surface area contributed by atoms with E-state index < -0.39 is 9.84 Å². The number of rotatable bonds is 9. The van der Waals surface area contributed by atoms with E-state index in [-0.39, 0.29) is 17.6 Å². The lowest BCUT2D eigenvalue weighted by molar-refractivity contribution is 0.188. The highest BCUT2D eigenvalue weighted by atomic mass is 32.2. The average molecular weight is 268 g/mol. The largest absolute Gasteiger partial charge is 0.392 e. The smallest absolute Gasteiger partial charge is 0.150 e. The van der Waals surface area contributed by atoms with Crippen molar-refractivity contribution < 1.29 is 13.5 Å². The molecular formula is C11H24O3S2. The minimum atomic E-state index is -2.87. The fourth-order valence-corrected chi connectivity index (χ4v) is 3.01. The maximum absolute atomic E-state index is 11.2. The third-order valence-corrected chi connectivity index (χ3v) is 5.85. The Labute approximate surface area is 104 Å². The maximum atomic E-state index is 11.2. The van der Waals surface area contributed by atoms with Crippen molar-refractivity contribution in [2.24, 2.45) is 0 Å². The van der Waals surface area contributed by atoms with Gasteiger partial charge in [-0.05, 0) is 19.3 Å². The zero-order valence-electron chi connectivity index (χ0n) is 10.5. The van der Waals surface area contributed by atoms with Gasteiger partial charge in [-0.25, -0.2) is 8.42 Å². The fraction of sp³-hybridized carbons (Fsp3) is 1.00. The van der Waals surface area contributed by atoms with Gasteiger partial charge in [-0.15, -0.1) is 0 Å². The number of sulfone groups is 1. The van der Waals surface area contributed by atoms with Crippen molar-refractivity contribution in [2.45, 2.75) is 51.4 Å². The molecule has 0 rings (SSSR count). The summed E-state index contributed by atoms with van der Waals surface area (Å²) in [6.07, 6.45) is 1.88. The van der Waals surface area contributed by atoms with E-state index in [0.717, 1.165) is 6.42 Å². The molecule has 0 aliphatic rings. The van der Waals surface area contributed by atoms with E-state index in [9.17, 15) is 13.5 Å². The maximum Gasteiger partial charge on any atom is 0.150 e. The quantitative estimate of drug-likeness (QED) is 0.696. The first-order chi connectivity index (χ1) is 7.41. The lowest BCUT2D eigenvalue weighted by atomic mass is 10.2. The summed E-state index contributed by atoms with van der Waals surface area (Å²) in [5.74, 6) is 1.11. The molecule has 0 aliphatic heterocycles. The summed E-state index contributed by atoms with van der Waals surface area (Å²) in [6.45, 7) is 5.92. The molecule has 0 fully saturated rings. The molecule has 0 aromatic carbocycles. The van der Waals surface area contributed by atoms with E-state index >= 15 is 0 Å². The van der Waals surface area contributed by atoms with Crippen LogP contribution in [-0.2, 0) is 9.84 Å². The highest BCUT2D eigenvalue weighted by Gasteiger charge is 2.11. The van der Waals surface area contributed by atoms with Gasteiger partial charge in [-0.3, -0.25) is 0 Å². The molecule has 0 radical (unpaired) electrons. The van der Waals surface area contributed by atoms with Crippen LogP contribution in [0, 0.1) is 0 Å². The summed E-state index contributed by atoms with van der Waals surface area (Å²) in [5.41, 5.74) is 0. The molecule has 2 atom stereocenters. The summed E-state index contributed by atoms with van der Waals surface area (Å²) in [4.78, 5) is 0. The number of aliphatic hydroxyl groups is 1. The highest BCUT2D eigenvalue weighted by Crippen LogP contribution is 2.16. The van der Waals surface area contributed by atoms with Crippen LogP contribution in [0.1, 0.15) is 40.0 Å². The van der Waals surface area contributed by atoms with Crippen molar-refractivity contribution in [3.05, 3.63) is 0 Å². The van der Waals surface area contributed by atoms with Gasteiger partial charge in [0, 0.05) is 16.8 Å². The molecule has 1 N–H and O–H groups in total. The monoisotopic (exact) mass is 268 g/mol. The van der Waals surface area contributed by atoms with Gasteiger partial charge in [0.15, 0.2) is 0 Å². The van der Waals surface area contributed by atoms with Crippen molar-refractivity contribution in [3.8, 4) is 0 Å². The SMILES string of the molecule is CCC(C)SCC(O)CCCS(=O)(=O)CC. The Hall–Kier alpha value is 0.260. The minimum Gasteiger partial charge on any atom is -0.392 e. The Morgan fingerprint density at radius 3 is 2.44 bits per heavy atom. The minimum absolute atomic E-state index is 0.199. The van der Waals surface area contributed by atoms with Crippen LogP contribution in [0.5, 0.6) is 0 Å². The summed E-state index contributed by atoms with van der Waals surface area (Å²) < 4.78 is 22.4. The first-order valence-electron chi connectivity index (χ1n) is 5.91. The zero-order valence-corrected chi connectivity index (χ0v) is 12.1. The molecule has 5 heteroatoms. The molecule has 0 saturated carbocycles. The van der Waals surface area contributed by atoms with Crippen LogP contribution in [0.3, 0.4) is 0 Å². The summed E-state index contributed by atoms with van der Waals surface area (Å²) >= 11 is 1.75. The van der Waals surface area contributed by atoms with Crippen LogP contribution in [0.25, 0.3) is 0 Å². The Kier molecular flexibility index (Phi) is 8.50. The molecule has 0 saturated heterocycles. The number of aliphatic hydroxyl groups excluding tert-OH is 1. The molecule has 0 amide bonds. The molecule has 0 bridgehead atoms. The predicted molar refractivity (Wildman–Crippen MR) is 71.8 cm³/mol. The molecule has 3 nitrogen and oxygen atoms in total. The van der Waals surface area contributed by atoms with Crippen LogP contribution >= 0.6 is 11.8 Å².